The summed E-state index contributed by atoms with van der Waals surface area (Å²) in [7, 11) is 0. The smallest absolute Gasteiger partial charge is 0.338 e. The molecule has 0 spiro atoms. The van der Waals surface area contributed by atoms with Gasteiger partial charge in [-0.25, -0.2) is 9.59 Å². The Kier molecular flexibility index (Phi) is 6.95. The van der Waals surface area contributed by atoms with Crippen LogP contribution >= 0.6 is 11.6 Å². The first kappa shape index (κ1) is 22.4. The molecule has 1 aliphatic heterocycles. The fraction of sp³-hybridized carbons (Fsp3) is 0.154. The SMILES string of the molecule is CCOC(=O)C1=C(c2ccccc2)NC(=O)NC1c1ccc(OCc2ccc(Cl)cc2)cc1. The van der Waals surface area contributed by atoms with E-state index in [1.807, 2.05) is 78.9 Å². The van der Waals surface area contributed by atoms with Crippen molar-refractivity contribution >= 4 is 29.3 Å². The number of nitrogens with one attached hydrogen (secondary N) is 2. The fourth-order valence-corrected chi connectivity index (χ4v) is 3.71. The second kappa shape index (κ2) is 10.2. The van der Waals surface area contributed by atoms with E-state index in [2.05, 4.69) is 10.6 Å². The summed E-state index contributed by atoms with van der Waals surface area (Å²) in [6.07, 6.45) is 0. The molecule has 0 saturated heterocycles. The van der Waals surface area contributed by atoms with Crippen molar-refractivity contribution in [1.82, 2.24) is 10.6 Å². The van der Waals surface area contributed by atoms with Crippen LogP contribution in [0.15, 0.2) is 84.4 Å². The van der Waals surface area contributed by atoms with Gasteiger partial charge in [-0.1, -0.05) is 66.2 Å². The molecule has 0 aromatic heterocycles. The molecule has 7 heteroatoms. The third-order valence-corrected chi connectivity index (χ3v) is 5.41. The molecule has 6 nitrogen and oxygen atoms in total. The van der Waals surface area contributed by atoms with Crippen molar-refractivity contribution in [3.8, 4) is 5.75 Å². The molecule has 1 aliphatic rings. The Labute approximate surface area is 197 Å². The van der Waals surface area contributed by atoms with Crippen LogP contribution < -0.4 is 15.4 Å². The highest BCUT2D eigenvalue weighted by atomic mass is 35.5. The Morgan fingerprint density at radius 2 is 1.67 bits per heavy atom. The van der Waals surface area contributed by atoms with Gasteiger partial charge in [-0.3, -0.25) is 0 Å². The van der Waals surface area contributed by atoms with Gasteiger partial charge in [0.2, 0.25) is 0 Å². The lowest BCUT2D eigenvalue weighted by Gasteiger charge is -2.29. The molecule has 168 valence electrons. The molecular weight excluding hydrogens is 440 g/mol. The summed E-state index contributed by atoms with van der Waals surface area (Å²) in [5.74, 6) is 0.177. The third-order valence-electron chi connectivity index (χ3n) is 5.16. The van der Waals surface area contributed by atoms with Gasteiger partial charge in [0, 0.05) is 5.02 Å². The van der Waals surface area contributed by atoms with Crippen molar-refractivity contribution in [3.05, 3.63) is 106 Å². The molecule has 1 heterocycles. The van der Waals surface area contributed by atoms with Gasteiger partial charge in [-0.15, -0.1) is 0 Å². The molecule has 3 aromatic rings. The highest BCUT2D eigenvalue weighted by Crippen LogP contribution is 2.32. The largest absolute Gasteiger partial charge is 0.489 e. The Morgan fingerprint density at radius 3 is 2.33 bits per heavy atom. The zero-order chi connectivity index (χ0) is 23.2. The van der Waals surface area contributed by atoms with Crippen molar-refractivity contribution in [2.45, 2.75) is 19.6 Å². The lowest BCUT2D eigenvalue weighted by molar-refractivity contribution is -0.138. The Bertz CT molecular complexity index is 1160. The van der Waals surface area contributed by atoms with Crippen LogP contribution in [0.3, 0.4) is 0 Å². The van der Waals surface area contributed by atoms with Crippen molar-refractivity contribution in [1.29, 1.82) is 0 Å². The number of urea groups is 1. The number of benzene rings is 3. The van der Waals surface area contributed by atoms with E-state index in [4.69, 9.17) is 21.1 Å². The van der Waals surface area contributed by atoms with Crippen LogP contribution in [-0.4, -0.2) is 18.6 Å². The fourth-order valence-electron chi connectivity index (χ4n) is 3.58. The molecular formula is C26H23ClN2O4. The van der Waals surface area contributed by atoms with Crippen LogP contribution in [0, 0.1) is 0 Å². The minimum atomic E-state index is -0.668. The van der Waals surface area contributed by atoms with E-state index in [-0.39, 0.29) is 6.61 Å². The minimum Gasteiger partial charge on any atom is -0.489 e. The number of hydrogen-bond donors (Lipinski definition) is 2. The zero-order valence-electron chi connectivity index (χ0n) is 18.0. The first-order valence-corrected chi connectivity index (χ1v) is 10.9. The Hall–Kier alpha value is -3.77. The van der Waals surface area contributed by atoms with Crippen LogP contribution in [0.2, 0.25) is 5.02 Å². The van der Waals surface area contributed by atoms with Gasteiger partial charge in [-0.2, -0.15) is 0 Å². The summed E-state index contributed by atoms with van der Waals surface area (Å²) >= 11 is 5.92. The predicted molar refractivity (Wildman–Crippen MR) is 127 cm³/mol. The summed E-state index contributed by atoms with van der Waals surface area (Å²) in [5, 5.41) is 6.29. The molecule has 33 heavy (non-hydrogen) atoms. The summed E-state index contributed by atoms with van der Waals surface area (Å²) < 4.78 is 11.2. The zero-order valence-corrected chi connectivity index (χ0v) is 18.8. The Morgan fingerprint density at radius 1 is 0.970 bits per heavy atom. The number of carbonyl (C=O) groups is 2. The Balaban J connectivity index is 1.62. The molecule has 0 radical (unpaired) electrons. The maximum Gasteiger partial charge on any atom is 0.338 e. The van der Waals surface area contributed by atoms with Crippen molar-refractivity contribution in [3.63, 3.8) is 0 Å². The van der Waals surface area contributed by atoms with E-state index in [0.717, 1.165) is 16.7 Å². The first-order valence-electron chi connectivity index (χ1n) is 10.6. The lowest BCUT2D eigenvalue weighted by Crippen LogP contribution is -2.45. The second-order valence-electron chi connectivity index (χ2n) is 7.39. The van der Waals surface area contributed by atoms with Gasteiger partial charge in [-0.05, 0) is 47.9 Å². The van der Waals surface area contributed by atoms with Crippen molar-refractivity contribution < 1.29 is 19.1 Å². The number of esters is 1. The number of rotatable bonds is 7. The molecule has 1 unspecified atom stereocenters. The topological polar surface area (TPSA) is 76.7 Å². The number of ether oxygens (including phenoxy) is 2. The predicted octanol–water partition coefficient (Wildman–Crippen LogP) is 5.25. The van der Waals surface area contributed by atoms with E-state index in [1.165, 1.54) is 0 Å². The normalized spacial score (nSPS) is 15.5. The summed E-state index contributed by atoms with van der Waals surface area (Å²) in [6.45, 7) is 2.37. The van der Waals surface area contributed by atoms with E-state index in [9.17, 15) is 9.59 Å². The van der Waals surface area contributed by atoms with Gasteiger partial charge < -0.3 is 20.1 Å². The van der Waals surface area contributed by atoms with Crippen LogP contribution in [0.25, 0.3) is 5.70 Å². The van der Waals surface area contributed by atoms with Crippen LogP contribution in [0.5, 0.6) is 5.75 Å². The van der Waals surface area contributed by atoms with Gasteiger partial charge >= 0.3 is 12.0 Å². The lowest BCUT2D eigenvalue weighted by atomic mass is 9.92. The molecule has 1 atom stereocenters. The maximum absolute atomic E-state index is 12.9. The highest BCUT2D eigenvalue weighted by molar-refractivity contribution is 6.30. The molecule has 0 bridgehead atoms. The van der Waals surface area contributed by atoms with E-state index < -0.39 is 18.0 Å². The third kappa shape index (κ3) is 5.35. The molecule has 0 saturated carbocycles. The molecule has 0 fully saturated rings. The number of hydrogen-bond acceptors (Lipinski definition) is 4. The van der Waals surface area contributed by atoms with Gasteiger partial charge in [0.05, 0.1) is 23.9 Å². The van der Waals surface area contributed by atoms with Crippen molar-refractivity contribution in [2.24, 2.45) is 0 Å². The first-order chi connectivity index (χ1) is 16.0. The maximum atomic E-state index is 12.9. The van der Waals surface area contributed by atoms with Gasteiger partial charge in [0.25, 0.3) is 0 Å². The van der Waals surface area contributed by atoms with E-state index in [1.54, 1.807) is 6.92 Å². The second-order valence-corrected chi connectivity index (χ2v) is 7.83. The minimum absolute atomic E-state index is 0.225. The summed E-state index contributed by atoms with van der Waals surface area (Å²) in [5.41, 5.74) is 3.24. The summed E-state index contributed by atoms with van der Waals surface area (Å²) in [4.78, 5) is 25.4. The highest BCUT2D eigenvalue weighted by Gasteiger charge is 2.34. The molecule has 0 aliphatic carbocycles. The standard InChI is InChI=1S/C26H23ClN2O4/c1-2-32-25(30)22-23(18-6-4-3-5-7-18)28-26(31)29-24(22)19-10-14-21(15-11-19)33-16-17-8-12-20(27)13-9-17/h3-15,24H,2,16H2,1H3,(H2,28,29,31). The van der Waals surface area contributed by atoms with E-state index >= 15 is 0 Å². The number of carbonyl (C=O) groups excluding carboxylic acids is 2. The molecule has 2 N–H and O–H groups in total. The van der Waals surface area contributed by atoms with Gasteiger partial charge in [0.1, 0.15) is 12.4 Å². The summed E-state index contributed by atoms with van der Waals surface area (Å²) in [6, 6.07) is 22.9. The van der Waals surface area contributed by atoms with Crippen LogP contribution in [0.1, 0.15) is 29.7 Å². The molecule has 4 rings (SSSR count). The number of amides is 2. The average Bonchev–Trinajstić information content (AvgIpc) is 2.84. The average molecular weight is 463 g/mol. The van der Waals surface area contributed by atoms with Crippen LogP contribution in [-0.2, 0) is 16.1 Å². The molecule has 2 amide bonds. The number of halogens is 1. The monoisotopic (exact) mass is 462 g/mol. The van der Waals surface area contributed by atoms with Crippen LogP contribution in [0.4, 0.5) is 4.79 Å². The van der Waals surface area contributed by atoms with E-state index in [0.29, 0.717) is 28.6 Å². The quantitative estimate of drug-likeness (QED) is 0.470. The van der Waals surface area contributed by atoms with Gasteiger partial charge in [0.15, 0.2) is 0 Å². The molecule has 3 aromatic carbocycles. The van der Waals surface area contributed by atoms with Crippen molar-refractivity contribution in [2.75, 3.05) is 6.61 Å².